The largest absolute Gasteiger partial charge is 0.494 e. The van der Waals surface area contributed by atoms with Crippen LogP contribution in [0.3, 0.4) is 0 Å². The molecule has 0 radical (unpaired) electrons. The first kappa shape index (κ1) is 23.0. The van der Waals surface area contributed by atoms with Crippen molar-refractivity contribution in [3.63, 3.8) is 0 Å². The lowest BCUT2D eigenvalue weighted by Gasteiger charge is -2.22. The third-order valence-electron chi connectivity index (χ3n) is 5.46. The number of hydrogen-bond donors (Lipinski definition) is 1. The second-order valence-corrected chi connectivity index (χ2v) is 8.43. The zero-order chi connectivity index (χ0) is 23.5. The van der Waals surface area contributed by atoms with Crippen LogP contribution in [0.2, 0.25) is 10.0 Å². The van der Waals surface area contributed by atoms with E-state index in [0.717, 1.165) is 10.9 Å². The van der Waals surface area contributed by atoms with Gasteiger partial charge in [0.2, 0.25) is 5.91 Å². The molecule has 2 heterocycles. The van der Waals surface area contributed by atoms with E-state index in [1.54, 1.807) is 19.2 Å². The Labute approximate surface area is 200 Å². The number of fused-ring (bicyclic) bond motifs is 1. The number of methoxy groups -OCH3 is 1. The van der Waals surface area contributed by atoms with Crippen LogP contribution in [0.25, 0.3) is 10.9 Å². The molecule has 0 spiro atoms. The van der Waals surface area contributed by atoms with Gasteiger partial charge in [-0.1, -0.05) is 53.5 Å². The topological polar surface area (TPSA) is 92.1 Å². The summed E-state index contributed by atoms with van der Waals surface area (Å²) in [6.07, 6.45) is 0.511. The number of aromatic nitrogens is 1. The summed E-state index contributed by atoms with van der Waals surface area (Å²) >= 11 is 13.0. The molecule has 1 N–H and O–H groups in total. The highest BCUT2D eigenvalue weighted by atomic mass is 35.5. The van der Waals surface area contributed by atoms with Crippen LogP contribution in [-0.2, 0) is 9.59 Å². The third kappa shape index (κ3) is 4.79. The van der Waals surface area contributed by atoms with E-state index < -0.39 is 12.0 Å². The molecule has 1 aromatic heterocycles. The van der Waals surface area contributed by atoms with E-state index >= 15 is 0 Å². The SMILES string of the molecule is COc1cccc2cc(Cl)c(C3CC(c4ccccc4Cl)=NN3C(=O)CCCC(=O)O)nc12. The predicted molar refractivity (Wildman–Crippen MR) is 127 cm³/mol. The molecule has 0 fully saturated rings. The maximum Gasteiger partial charge on any atom is 0.303 e. The van der Waals surface area contributed by atoms with E-state index in [1.807, 2.05) is 36.4 Å². The van der Waals surface area contributed by atoms with Crippen molar-refractivity contribution in [2.45, 2.75) is 31.7 Å². The van der Waals surface area contributed by atoms with E-state index in [1.165, 1.54) is 5.01 Å². The smallest absolute Gasteiger partial charge is 0.303 e. The van der Waals surface area contributed by atoms with Crippen LogP contribution in [0.1, 0.15) is 43.0 Å². The number of ether oxygens (including phenoxy) is 1. The summed E-state index contributed by atoms with van der Waals surface area (Å²) in [6, 6.07) is 14.1. The van der Waals surface area contributed by atoms with E-state index in [0.29, 0.717) is 39.1 Å². The number of hydrazone groups is 1. The monoisotopic (exact) mass is 485 g/mol. The van der Waals surface area contributed by atoms with Gasteiger partial charge in [-0.25, -0.2) is 9.99 Å². The molecule has 1 unspecified atom stereocenters. The van der Waals surface area contributed by atoms with E-state index in [9.17, 15) is 9.59 Å². The highest BCUT2D eigenvalue weighted by Crippen LogP contribution is 2.39. The fourth-order valence-electron chi connectivity index (χ4n) is 3.87. The average molecular weight is 486 g/mol. The van der Waals surface area contributed by atoms with Gasteiger partial charge in [0.25, 0.3) is 0 Å². The second-order valence-electron chi connectivity index (χ2n) is 7.62. The Balaban J connectivity index is 1.75. The molecule has 0 aliphatic carbocycles. The van der Waals surface area contributed by atoms with E-state index in [-0.39, 0.29) is 25.2 Å². The number of carbonyl (C=O) groups excluding carboxylic acids is 1. The van der Waals surface area contributed by atoms with Crippen LogP contribution < -0.4 is 4.74 Å². The van der Waals surface area contributed by atoms with Gasteiger partial charge in [0, 0.05) is 35.2 Å². The van der Waals surface area contributed by atoms with E-state index in [2.05, 4.69) is 5.10 Å². The van der Waals surface area contributed by atoms with Gasteiger partial charge in [-0.05, 0) is 24.6 Å². The summed E-state index contributed by atoms with van der Waals surface area (Å²) < 4.78 is 5.45. The highest BCUT2D eigenvalue weighted by Gasteiger charge is 2.36. The van der Waals surface area contributed by atoms with Gasteiger partial charge in [0.15, 0.2) is 0 Å². The summed E-state index contributed by atoms with van der Waals surface area (Å²) in [5.41, 5.74) is 2.48. The van der Waals surface area contributed by atoms with Crippen molar-refractivity contribution >= 4 is 51.7 Å². The van der Waals surface area contributed by atoms with Gasteiger partial charge in [-0.15, -0.1) is 0 Å². The number of hydrogen-bond acceptors (Lipinski definition) is 5. The molecule has 0 saturated heterocycles. The predicted octanol–water partition coefficient (Wildman–Crippen LogP) is 5.48. The Morgan fingerprint density at radius 1 is 1.12 bits per heavy atom. The fraction of sp³-hybridized carbons (Fsp3) is 0.250. The zero-order valence-corrected chi connectivity index (χ0v) is 19.3. The Morgan fingerprint density at radius 2 is 1.91 bits per heavy atom. The average Bonchev–Trinajstić information content (AvgIpc) is 3.23. The van der Waals surface area contributed by atoms with Gasteiger partial charge in [0.05, 0.1) is 23.5 Å². The number of para-hydroxylation sites is 1. The first-order chi connectivity index (χ1) is 15.9. The van der Waals surface area contributed by atoms with Crippen molar-refractivity contribution in [3.8, 4) is 5.75 Å². The van der Waals surface area contributed by atoms with Crippen molar-refractivity contribution in [3.05, 3.63) is 69.8 Å². The molecule has 4 rings (SSSR count). The number of rotatable bonds is 7. The highest BCUT2D eigenvalue weighted by molar-refractivity contribution is 6.34. The Kier molecular flexibility index (Phi) is 6.81. The molecule has 7 nitrogen and oxygen atoms in total. The molecule has 33 heavy (non-hydrogen) atoms. The van der Waals surface area contributed by atoms with Crippen molar-refractivity contribution in [1.29, 1.82) is 0 Å². The number of amides is 1. The molecule has 2 aromatic carbocycles. The molecule has 3 aromatic rings. The lowest BCUT2D eigenvalue weighted by atomic mass is 10.0. The quantitative estimate of drug-likeness (QED) is 0.477. The summed E-state index contributed by atoms with van der Waals surface area (Å²) in [5.74, 6) is -0.663. The fourth-order valence-corrected chi connectivity index (χ4v) is 4.41. The minimum absolute atomic E-state index is 0.0383. The summed E-state index contributed by atoms with van der Waals surface area (Å²) in [4.78, 5) is 28.7. The molecule has 0 bridgehead atoms. The minimum atomic E-state index is -0.952. The number of aliphatic carboxylic acids is 1. The lowest BCUT2D eigenvalue weighted by molar-refractivity contribution is -0.137. The van der Waals surface area contributed by atoms with Crippen LogP contribution >= 0.6 is 23.2 Å². The number of carbonyl (C=O) groups is 2. The molecule has 9 heteroatoms. The number of carboxylic acids is 1. The van der Waals surface area contributed by atoms with Gasteiger partial charge in [-0.2, -0.15) is 5.10 Å². The molecule has 170 valence electrons. The third-order valence-corrected chi connectivity index (χ3v) is 6.09. The summed E-state index contributed by atoms with van der Waals surface area (Å²) in [5, 5.41) is 16.6. The van der Waals surface area contributed by atoms with Gasteiger partial charge >= 0.3 is 5.97 Å². The van der Waals surface area contributed by atoms with Crippen molar-refractivity contribution < 1.29 is 19.4 Å². The maximum atomic E-state index is 13.1. The van der Waals surface area contributed by atoms with Crippen LogP contribution in [0.5, 0.6) is 5.75 Å². The van der Waals surface area contributed by atoms with Gasteiger partial charge in [-0.3, -0.25) is 9.59 Å². The van der Waals surface area contributed by atoms with E-state index in [4.69, 9.17) is 38.0 Å². The Hall–Kier alpha value is -3.16. The van der Waals surface area contributed by atoms with Gasteiger partial charge < -0.3 is 9.84 Å². The molecular weight excluding hydrogens is 465 g/mol. The first-order valence-electron chi connectivity index (χ1n) is 10.4. The van der Waals surface area contributed by atoms with Crippen LogP contribution in [0.15, 0.2) is 53.6 Å². The number of pyridine rings is 1. The summed E-state index contributed by atoms with van der Waals surface area (Å²) in [6.45, 7) is 0. The van der Waals surface area contributed by atoms with Crippen molar-refractivity contribution in [2.24, 2.45) is 5.10 Å². The van der Waals surface area contributed by atoms with Crippen LogP contribution in [0, 0.1) is 0 Å². The second kappa shape index (κ2) is 9.77. The maximum absolute atomic E-state index is 13.1. The number of benzene rings is 2. The van der Waals surface area contributed by atoms with Crippen LogP contribution in [-0.4, -0.2) is 39.8 Å². The molecule has 0 saturated carbocycles. The van der Waals surface area contributed by atoms with Crippen molar-refractivity contribution in [2.75, 3.05) is 7.11 Å². The summed E-state index contributed by atoms with van der Waals surface area (Å²) in [7, 11) is 1.57. The molecule has 1 atom stereocenters. The molecule has 1 amide bonds. The minimum Gasteiger partial charge on any atom is -0.494 e. The standard InChI is InChI=1S/C24H21Cl2N3O4/c1-33-20-9-4-6-14-12-17(26)24(27-23(14)20)19-13-18(15-7-2-3-8-16(15)25)28-29(19)21(30)10-5-11-22(31)32/h2-4,6-9,12,19H,5,10-11,13H2,1H3,(H,31,32). The Morgan fingerprint density at radius 3 is 2.64 bits per heavy atom. The first-order valence-corrected chi connectivity index (χ1v) is 11.1. The normalized spacial score (nSPS) is 15.5. The number of halogens is 2. The lowest BCUT2D eigenvalue weighted by Crippen LogP contribution is -2.27. The molecule has 1 aliphatic heterocycles. The zero-order valence-electron chi connectivity index (χ0n) is 17.8. The number of carboxylic acid groups (broad SMARTS) is 1. The Bertz CT molecular complexity index is 1260. The van der Waals surface area contributed by atoms with Crippen LogP contribution in [0.4, 0.5) is 0 Å². The van der Waals surface area contributed by atoms with Gasteiger partial charge in [0.1, 0.15) is 17.3 Å². The van der Waals surface area contributed by atoms with Crippen molar-refractivity contribution in [1.82, 2.24) is 9.99 Å². The molecular formula is C24H21Cl2N3O4. The number of nitrogens with zero attached hydrogens (tertiary/aromatic N) is 3. The molecule has 1 aliphatic rings.